The van der Waals surface area contributed by atoms with Crippen LogP contribution < -0.4 is 61.8 Å². The van der Waals surface area contributed by atoms with E-state index >= 15 is 0 Å². The third-order valence-corrected chi connectivity index (χ3v) is 3.90. The summed E-state index contributed by atoms with van der Waals surface area (Å²) in [6.07, 6.45) is 3.57. The number of hydrogen-bond acceptors (Lipinski definition) is 5. The quantitative estimate of drug-likeness (QED) is 0.681. The molecule has 140 valence electrons. The van der Waals surface area contributed by atoms with Crippen molar-refractivity contribution >= 4 is 11.8 Å². The first-order chi connectivity index (χ1) is 12.1. The van der Waals surface area contributed by atoms with Crippen LogP contribution in [0.25, 0.3) is 0 Å². The molecule has 0 aliphatic heterocycles. The van der Waals surface area contributed by atoms with Crippen LogP contribution in [0.5, 0.6) is 5.75 Å². The number of benzene rings is 1. The maximum absolute atomic E-state index is 11.3. The molecule has 6 heteroatoms. The van der Waals surface area contributed by atoms with Crippen molar-refractivity contribution < 1.29 is 61.6 Å². The van der Waals surface area contributed by atoms with Crippen molar-refractivity contribution in [1.82, 2.24) is 10.3 Å². The molecule has 0 saturated carbocycles. The van der Waals surface area contributed by atoms with Crippen molar-refractivity contribution in [2.45, 2.75) is 40.3 Å². The second-order valence-electron chi connectivity index (χ2n) is 5.32. The van der Waals surface area contributed by atoms with Gasteiger partial charge < -0.3 is 15.5 Å². The van der Waals surface area contributed by atoms with Gasteiger partial charge in [0.15, 0.2) is 0 Å². The van der Waals surface area contributed by atoms with Crippen molar-refractivity contribution in [1.29, 1.82) is 0 Å². The topological polar surface area (TPSA) is 68.2 Å². The van der Waals surface area contributed by atoms with E-state index in [0.717, 1.165) is 5.75 Å². The van der Waals surface area contributed by atoms with Gasteiger partial charge in [-0.2, -0.15) is 11.8 Å². The van der Waals surface area contributed by atoms with E-state index < -0.39 is 0 Å². The van der Waals surface area contributed by atoms with Gasteiger partial charge in [0, 0.05) is 30.2 Å². The summed E-state index contributed by atoms with van der Waals surface area (Å²) in [4.78, 5) is 3.98. The number of aliphatic hydroxyl groups excluding tert-OH is 1. The Hall–Kier alpha value is 0.0764. The van der Waals surface area contributed by atoms with Crippen LogP contribution in [-0.2, 0) is 6.54 Å². The number of pyridine rings is 1. The van der Waals surface area contributed by atoms with E-state index in [2.05, 4.69) is 48.4 Å². The molecular formula is C20H31KN2O2S. The normalized spacial score (nSPS) is 10.4. The van der Waals surface area contributed by atoms with Gasteiger partial charge in [0.1, 0.15) is 0 Å². The third-order valence-electron chi connectivity index (χ3n) is 3.17. The largest absolute Gasteiger partial charge is 1.00 e. The van der Waals surface area contributed by atoms with Crippen LogP contribution in [0.3, 0.4) is 0 Å². The Balaban J connectivity index is 0. The summed E-state index contributed by atoms with van der Waals surface area (Å²) in [5.41, 5.74) is 3.17. The van der Waals surface area contributed by atoms with Crippen LogP contribution in [0.4, 0.5) is 0 Å². The van der Waals surface area contributed by atoms with Crippen LogP contribution >= 0.6 is 11.8 Å². The van der Waals surface area contributed by atoms with E-state index in [4.69, 9.17) is 5.11 Å². The molecule has 0 radical (unpaired) electrons. The van der Waals surface area contributed by atoms with Crippen molar-refractivity contribution in [3.05, 3.63) is 59.4 Å². The summed E-state index contributed by atoms with van der Waals surface area (Å²) in [6.45, 7) is 8.69. The zero-order chi connectivity index (χ0) is 19.1. The van der Waals surface area contributed by atoms with Gasteiger partial charge in [-0.3, -0.25) is 4.98 Å². The SMILES string of the molecule is CC.CSCC(CO)NCc1ncccc1[O-].Cc1cccc(C)c1.[K+]. The summed E-state index contributed by atoms with van der Waals surface area (Å²) in [5, 5.41) is 23.4. The van der Waals surface area contributed by atoms with Crippen LogP contribution in [0.2, 0.25) is 0 Å². The zero-order valence-corrected chi connectivity index (χ0v) is 20.9. The summed E-state index contributed by atoms with van der Waals surface area (Å²) in [6, 6.07) is 11.6. The number of nitrogens with zero attached hydrogens (tertiary/aromatic N) is 1. The minimum atomic E-state index is -0.0640. The Morgan fingerprint density at radius 1 is 1.15 bits per heavy atom. The van der Waals surface area contributed by atoms with Crippen molar-refractivity contribution in [3.8, 4) is 5.75 Å². The van der Waals surface area contributed by atoms with E-state index in [1.807, 2.05) is 20.1 Å². The molecule has 1 aromatic carbocycles. The molecule has 4 nitrogen and oxygen atoms in total. The van der Waals surface area contributed by atoms with E-state index in [0.29, 0.717) is 12.2 Å². The van der Waals surface area contributed by atoms with Gasteiger partial charge in [0.2, 0.25) is 0 Å². The number of aryl methyl sites for hydroxylation is 2. The number of nitrogens with one attached hydrogen (secondary N) is 1. The Morgan fingerprint density at radius 3 is 2.19 bits per heavy atom. The Kier molecular flexibility index (Phi) is 20.1. The average molecular weight is 403 g/mol. The predicted molar refractivity (Wildman–Crippen MR) is 107 cm³/mol. The fourth-order valence-electron chi connectivity index (χ4n) is 1.98. The summed E-state index contributed by atoms with van der Waals surface area (Å²) < 4.78 is 0. The smallest absolute Gasteiger partial charge is 0.871 e. The zero-order valence-electron chi connectivity index (χ0n) is 17.0. The number of rotatable bonds is 6. The molecule has 2 rings (SSSR count). The molecule has 2 N–H and O–H groups in total. The molecule has 0 bridgehead atoms. The van der Waals surface area contributed by atoms with Gasteiger partial charge >= 0.3 is 51.4 Å². The molecule has 2 aromatic rings. The van der Waals surface area contributed by atoms with Crippen molar-refractivity contribution in [3.63, 3.8) is 0 Å². The van der Waals surface area contributed by atoms with Crippen LogP contribution in [0, 0.1) is 13.8 Å². The van der Waals surface area contributed by atoms with Crippen LogP contribution in [-0.4, -0.2) is 34.7 Å². The average Bonchev–Trinajstić information content (AvgIpc) is 2.62. The number of thioether (sulfide) groups is 1. The van der Waals surface area contributed by atoms with Gasteiger partial charge in [0.05, 0.1) is 6.61 Å². The van der Waals surface area contributed by atoms with E-state index in [1.165, 1.54) is 17.2 Å². The molecule has 1 unspecified atom stereocenters. The molecule has 1 atom stereocenters. The second kappa shape index (κ2) is 18.4. The molecule has 1 aromatic heterocycles. The summed E-state index contributed by atoms with van der Waals surface area (Å²) >= 11 is 1.65. The minimum absolute atomic E-state index is 0. The first kappa shape index (κ1) is 28.3. The molecule has 0 saturated heterocycles. The fraction of sp³-hybridized carbons (Fsp3) is 0.450. The molecule has 0 spiro atoms. The van der Waals surface area contributed by atoms with E-state index in [-0.39, 0.29) is 69.8 Å². The van der Waals surface area contributed by atoms with Gasteiger partial charge in [-0.05, 0) is 26.2 Å². The van der Waals surface area contributed by atoms with Gasteiger partial charge in [0.25, 0.3) is 0 Å². The maximum atomic E-state index is 11.3. The maximum Gasteiger partial charge on any atom is 1.00 e. The Morgan fingerprint density at radius 2 is 1.77 bits per heavy atom. The molecule has 0 fully saturated rings. The van der Waals surface area contributed by atoms with Gasteiger partial charge in [-0.1, -0.05) is 61.1 Å². The number of aliphatic hydroxyl groups is 1. The number of aromatic nitrogens is 1. The van der Waals surface area contributed by atoms with Gasteiger partial charge in [-0.25, -0.2) is 0 Å². The molecule has 26 heavy (non-hydrogen) atoms. The molecule has 0 aliphatic rings. The minimum Gasteiger partial charge on any atom is -0.871 e. The number of hydrogen-bond donors (Lipinski definition) is 2. The van der Waals surface area contributed by atoms with Crippen LogP contribution in [0.1, 0.15) is 30.7 Å². The predicted octanol–water partition coefficient (Wildman–Crippen LogP) is 0.302. The third kappa shape index (κ3) is 13.3. The fourth-order valence-corrected chi connectivity index (χ4v) is 2.61. The molecule has 0 aliphatic carbocycles. The molecule has 1 heterocycles. The summed E-state index contributed by atoms with van der Waals surface area (Å²) in [5.74, 6) is 0.753. The monoisotopic (exact) mass is 402 g/mol. The van der Waals surface area contributed by atoms with E-state index in [1.54, 1.807) is 24.0 Å². The summed E-state index contributed by atoms with van der Waals surface area (Å²) in [7, 11) is 0. The van der Waals surface area contributed by atoms with Crippen molar-refractivity contribution in [2.75, 3.05) is 18.6 Å². The molecular weight excluding hydrogens is 371 g/mol. The standard InChI is InChI=1S/C10H16N2O2S.C8H10.C2H6.K/c1-15-7-8(6-13)12-5-9-10(14)3-2-4-11-9;1-7-4-3-5-8(2)6-7;1-2;/h2-4,8,12-14H,5-7H2,1H3;3-6H,1-2H3;1-2H3;/q;;;+1/p-1. The van der Waals surface area contributed by atoms with Gasteiger partial charge in [-0.15, -0.1) is 0 Å². The second-order valence-corrected chi connectivity index (χ2v) is 6.23. The van der Waals surface area contributed by atoms with Crippen LogP contribution in [0.15, 0.2) is 42.6 Å². The van der Waals surface area contributed by atoms with Crippen molar-refractivity contribution in [2.24, 2.45) is 0 Å². The first-order valence-electron chi connectivity index (χ1n) is 8.54. The Bertz CT molecular complexity index is 568. The molecule has 0 amide bonds. The first-order valence-corrected chi connectivity index (χ1v) is 9.93. The van der Waals surface area contributed by atoms with E-state index in [9.17, 15) is 5.11 Å². The Labute approximate surface area is 205 Å².